The molecule has 9 unspecified atom stereocenters. The van der Waals surface area contributed by atoms with Gasteiger partial charge in [0.25, 0.3) is 0 Å². The van der Waals surface area contributed by atoms with E-state index in [1.165, 1.54) is 0 Å². The first-order chi connectivity index (χ1) is 47.7. The fraction of sp³-hybridized carbons (Fsp3) is 0.632. The summed E-state index contributed by atoms with van der Waals surface area (Å²) in [4.78, 5) is 257. The van der Waals surface area contributed by atoms with Gasteiger partial charge in [0.05, 0.1) is 97.0 Å². The van der Waals surface area contributed by atoms with Gasteiger partial charge < -0.3 is 124 Å². The van der Waals surface area contributed by atoms with Crippen molar-refractivity contribution >= 4 is 124 Å². The van der Waals surface area contributed by atoms with E-state index in [1.54, 1.807) is 13.8 Å². The molecule has 0 saturated heterocycles. The lowest BCUT2D eigenvalue weighted by atomic mass is 9.97. The average Bonchev–Trinajstić information content (AvgIpc) is 0.864. The molecule has 572 valence electrons. The minimum absolute atomic E-state index is 0.128. The van der Waals surface area contributed by atoms with E-state index in [1.807, 2.05) is 42.5 Å². The second-order valence-corrected chi connectivity index (χ2v) is 22.1. The summed E-state index contributed by atoms with van der Waals surface area (Å²) in [5, 5.41) is 99.9. The van der Waals surface area contributed by atoms with Crippen molar-refractivity contribution in [2.45, 2.75) is 153 Å². The van der Waals surface area contributed by atoms with Gasteiger partial charge in [0, 0.05) is 39.4 Å². The number of carbonyl (C=O) groups is 21. The van der Waals surface area contributed by atoms with Gasteiger partial charge in [-0.05, 0) is 19.3 Å². The number of carboxylic acids is 8. The zero-order valence-electron chi connectivity index (χ0n) is 55.6. The van der Waals surface area contributed by atoms with Crippen molar-refractivity contribution in [3.63, 3.8) is 0 Å². The molecule has 0 rings (SSSR count). The molecule has 0 heterocycles. The molecule has 0 spiro atoms. The molecule has 0 aromatic carbocycles. The number of hydrogen-bond donors (Lipinski definition) is 20. The Morgan fingerprint density at radius 1 is 0.275 bits per heavy atom. The van der Waals surface area contributed by atoms with Gasteiger partial charge in [-0.3, -0.25) is 101 Å². The van der Waals surface area contributed by atoms with E-state index in [0.29, 0.717) is 12.8 Å². The Bertz CT molecular complexity index is 2970. The standard InChI is InChI=1S/C57H86N12O33/c1-27(2)49(90)30(63-40(73)26-102-16-14-100-12-10-60-51(92)32(18-42(76)77)65-55(96)36(22-46(84)85)69-57(98)38(24-48(88)89)67-53(94)34(20-44(80)81)62-29(4)71)7-5-6-8-58-39(72)25-101-15-13-99-11-9-59-50(91)31(17-41(74)75)64-54(95)35(21-45(82)83)68-56(97)37(23-47(86)87)66-52(93)33(19-43(78)79)61-28(3)70/h27,30-38H,5-26H2,1-4H3,(H,58,72)(H,59,91)(H,60,92)(H,61,70)(H,62,71)(H,63,73)(H,64,95)(H,65,96)(H,66,93)(H,67,94)(H,68,97)(H,69,98)(H,74,75)(H,76,77)(H,78,79)(H,80,81)(H,82,83)(H,84,85)(H,86,87)(H,88,89). The lowest BCUT2D eigenvalue weighted by Crippen LogP contribution is -2.59. The van der Waals surface area contributed by atoms with E-state index in [-0.39, 0.29) is 71.5 Å². The average molecular weight is 1470 g/mol. The van der Waals surface area contributed by atoms with Crippen LogP contribution in [0.1, 0.15) is 98.3 Å². The monoisotopic (exact) mass is 1470 g/mol. The second kappa shape index (κ2) is 49.4. The van der Waals surface area contributed by atoms with Crippen LogP contribution in [0.5, 0.6) is 0 Å². The van der Waals surface area contributed by atoms with Gasteiger partial charge in [0.1, 0.15) is 61.5 Å². The molecule has 0 saturated carbocycles. The Labute approximate surface area is 578 Å². The van der Waals surface area contributed by atoms with E-state index in [2.05, 4.69) is 21.3 Å². The van der Waals surface area contributed by atoms with Crippen LogP contribution in [0.2, 0.25) is 0 Å². The first kappa shape index (κ1) is 90.9. The summed E-state index contributed by atoms with van der Waals surface area (Å²) in [5.74, 6) is -27.8. The number of aliphatic carboxylic acids is 8. The van der Waals surface area contributed by atoms with Crippen LogP contribution in [0, 0.1) is 5.92 Å². The molecule has 9 atom stereocenters. The van der Waals surface area contributed by atoms with Crippen molar-refractivity contribution in [1.82, 2.24) is 63.8 Å². The molecule has 12 amide bonds. The lowest BCUT2D eigenvalue weighted by molar-refractivity contribution is -0.144. The number of ether oxygens (including phenoxy) is 4. The minimum Gasteiger partial charge on any atom is -0.481 e. The Balaban J connectivity index is 5.08. The highest BCUT2D eigenvalue weighted by atomic mass is 16.5. The number of ketones is 1. The second-order valence-electron chi connectivity index (χ2n) is 22.1. The highest BCUT2D eigenvalue weighted by molar-refractivity contribution is 6.01. The van der Waals surface area contributed by atoms with Crippen LogP contribution in [0.25, 0.3) is 0 Å². The van der Waals surface area contributed by atoms with Crippen molar-refractivity contribution in [2.75, 3.05) is 72.5 Å². The van der Waals surface area contributed by atoms with Crippen molar-refractivity contribution in [3.8, 4) is 0 Å². The third-order valence-electron chi connectivity index (χ3n) is 13.0. The molecule has 0 aliphatic rings. The highest BCUT2D eigenvalue weighted by Crippen LogP contribution is 2.10. The topological polar surface area (TPSA) is 702 Å². The summed E-state index contributed by atoms with van der Waals surface area (Å²) in [7, 11) is 0. The van der Waals surface area contributed by atoms with E-state index in [4.69, 9.17) is 29.2 Å². The zero-order valence-corrected chi connectivity index (χ0v) is 55.6. The van der Waals surface area contributed by atoms with Gasteiger partial charge in [-0.15, -0.1) is 0 Å². The van der Waals surface area contributed by atoms with Crippen molar-refractivity contribution in [3.05, 3.63) is 0 Å². The smallest absolute Gasteiger partial charge is 0.305 e. The number of nitrogens with one attached hydrogen (secondary N) is 12. The van der Waals surface area contributed by atoms with Crippen LogP contribution in [0.3, 0.4) is 0 Å². The lowest BCUT2D eigenvalue weighted by Gasteiger charge is -2.25. The molecule has 45 heteroatoms. The van der Waals surface area contributed by atoms with Crippen LogP contribution in [0.15, 0.2) is 0 Å². The van der Waals surface area contributed by atoms with E-state index in [9.17, 15) is 131 Å². The van der Waals surface area contributed by atoms with Crippen molar-refractivity contribution < 1.29 is 160 Å². The van der Waals surface area contributed by atoms with Gasteiger partial charge in [-0.2, -0.15) is 0 Å². The van der Waals surface area contributed by atoms with Crippen molar-refractivity contribution in [2.24, 2.45) is 5.92 Å². The van der Waals surface area contributed by atoms with Crippen LogP contribution < -0.4 is 63.8 Å². The molecule has 0 aromatic heterocycles. The van der Waals surface area contributed by atoms with Crippen molar-refractivity contribution in [1.29, 1.82) is 0 Å². The van der Waals surface area contributed by atoms with E-state index >= 15 is 0 Å². The Morgan fingerprint density at radius 3 is 0.794 bits per heavy atom. The number of carboxylic acid groups (broad SMARTS) is 8. The third kappa shape index (κ3) is 42.7. The predicted octanol–water partition coefficient (Wildman–Crippen LogP) is -9.00. The Morgan fingerprint density at radius 2 is 0.529 bits per heavy atom. The SMILES string of the molecule is CC(=O)NC(CC(=O)O)C(=O)NC(CC(=O)O)C(=O)NC(CC(=O)O)C(=O)NC(CC(=O)O)C(=O)NCCOCCOCC(=O)NCCCCC(NC(=O)COCCOCCNC(=O)C(CC(=O)O)NC(=O)C(CC(=O)O)NC(=O)C(CC(=O)O)NC(=O)C(CC(=O)O)NC(C)=O)C(=O)C(C)C. The normalized spacial score (nSPS) is 13.4. The molecular weight excluding hydrogens is 1380 g/mol. The summed E-state index contributed by atoms with van der Waals surface area (Å²) in [5.41, 5.74) is 0. The molecule has 0 bridgehead atoms. The molecule has 0 fully saturated rings. The van der Waals surface area contributed by atoms with Gasteiger partial charge in [0.2, 0.25) is 70.9 Å². The summed E-state index contributed by atoms with van der Waals surface area (Å²) in [6.07, 6.45) is -8.14. The maximum Gasteiger partial charge on any atom is 0.305 e. The van der Waals surface area contributed by atoms with Crippen LogP contribution >= 0.6 is 0 Å². The Hall–Kier alpha value is -11.1. The van der Waals surface area contributed by atoms with E-state index in [0.717, 1.165) is 13.8 Å². The van der Waals surface area contributed by atoms with Crippen LogP contribution in [-0.2, 0) is 120 Å². The first-order valence-corrected chi connectivity index (χ1v) is 30.8. The maximum absolute atomic E-state index is 13.2. The van der Waals surface area contributed by atoms with Crippen LogP contribution in [0.4, 0.5) is 0 Å². The number of amides is 12. The fourth-order valence-electron chi connectivity index (χ4n) is 8.38. The molecule has 0 radical (unpaired) electrons. The number of carbonyl (C=O) groups excluding carboxylic acids is 13. The number of hydrogen-bond acceptors (Lipinski definition) is 25. The third-order valence-corrected chi connectivity index (χ3v) is 13.0. The van der Waals surface area contributed by atoms with Gasteiger partial charge in [-0.1, -0.05) is 13.8 Å². The summed E-state index contributed by atoms with van der Waals surface area (Å²) in [6.45, 7) is 2.57. The summed E-state index contributed by atoms with van der Waals surface area (Å²) < 4.78 is 21.2. The molecule has 0 aliphatic carbocycles. The number of Topliss-reactive ketones (excluding diaryl/α,β-unsaturated/α-hetero) is 1. The zero-order chi connectivity index (χ0) is 77.8. The molecule has 0 aromatic rings. The first-order valence-electron chi connectivity index (χ1n) is 30.8. The molecule has 20 N–H and O–H groups in total. The number of rotatable bonds is 56. The summed E-state index contributed by atoms with van der Waals surface area (Å²) >= 11 is 0. The van der Waals surface area contributed by atoms with Gasteiger partial charge >= 0.3 is 47.8 Å². The van der Waals surface area contributed by atoms with Gasteiger partial charge in [0.15, 0.2) is 5.78 Å². The van der Waals surface area contributed by atoms with Crippen LogP contribution in [-0.4, -0.2) is 292 Å². The molecule has 0 aliphatic heterocycles. The minimum atomic E-state index is -2.13. The molecular formula is C57H86N12O33. The number of unbranched alkanes of at least 4 members (excludes halogenated alkanes) is 1. The quantitative estimate of drug-likeness (QED) is 0.0252. The highest BCUT2D eigenvalue weighted by Gasteiger charge is 2.37. The predicted molar refractivity (Wildman–Crippen MR) is 333 cm³/mol. The summed E-state index contributed by atoms with van der Waals surface area (Å²) in [6, 6.07) is -16.8. The fourth-order valence-corrected chi connectivity index (χ4v) is 8.38. The largest absolute Gasteiger partial charge is 0.481 e. The molecule has 45 nitrogen and oxygen atoms in total. The Kier molecular flexibility index (Phi) is 44.1. The van der Waals surface area contributed by atoms with Gasteiger partial charge in [-0.25, -0.2) is 0 Å². The maximum atomic E-state index is 13.2. The van der Waals surface area contributed by atoms with E-state index < -0.39 is 244 Å². The molecule has 102 heavy (non-hydrogen) atoms.